The predicted octanol–water partition coefficient (Wildman–Crippen LogP) is -1.81. The van der Waals surface area contributed by atoms with Crippen molar-refractivity contribution in [1.82, 2.24) is 5.32 Å². The van der Waals surface area contributed by atoms with Gasteiger partial charge in [-0.15, -0.1) is 0 Å². The van der Waals surface area contributed by atoms with Crippen LogP contribution in [0.5, 0.6) is 0 Å². The second kappa shape index (κ2) is 2.33. The van der Waals surface area contributed by atoms with Crippen LogP contribution in [0.3, 0.4) is 0 Å². The first kappa shape index (κ1) is 6.51. The third-order valence-corrected chi connectivity index (χ3v) is 1.42. The smallest absolute Gasteiger partial charge is 0.222 e. The summed E-state index contributed by atoms with van der Waals surface area (Å²) in [5, 5.41) is 11.5. The molecule has 1 amide bonds. The van der Waals surface area contributed by atoms with E-state index in [9.17, 15) is 4.79 Å². The molecule has 1 saturated heterocycles. The van der Waals surface area contributed by atoms with Crippen LogP contribution in [0.2, 0.25) is 0 Å². The quantitative estimate of drug-likeness (QED) is 0.362. The molecule has 0 spiro atoms. The number of carbonyl (C=O) groups excluding carboxylic acids is 1. The van der Waals surface area contributed by atoms with Crippen molar-refractivity contribution >= 4 is 5.91 Å². The SMILES string of the molecule is N[C@H]1CNC(=O)C[C@H]1O. The molecule has 0 aromatic carbocycles. The lowest BCUT2D eigenvalue weighted by atomic mass is 10.1. The second-order valence-electron chi connectivity index (χ2n) is 2.24. The molecule has 1 aliphatic heterocycles. The standard InChI is InChI=1S/C5H10N2O2/c6-3-2-7-5(9)1-4(3)8/h3-4,8H,1-2,6H2,(H,7,9)/t3-,4+/m0/s1. The van der Waals surface area contributed by atoms with Crippen LogP contribution >= 0.6 is 0 Å². The van der Waals surface area contributed by atoms with Gasteiger partial charge in [-0.1, -0.05) is 0 Å². The van der Waals surface area contributed by atoms with Gasteiger partial charge in [0, 0.05) is 12.6 Å². The Bertz CT molecular complexity index is 126. The molecule has 0 radical (unpaired) electrons. The molecule has 2 atom stereocenters. The Hall–Kier alpha value is -0.610. The second-order valence-corrected chi connectivity index (χ2v) is 2.24. The molecule has 4 nitrogen and oxygen atoms in total. The van der Waals surface area contributed by atoms with E-state index < -0.39 is 6.10 Å². The zero-order chi connectivity index (χ0) is 6.85. The predicted molar refractivity (Wildman–Crippen MR) is 31.6 cm³/mol. The van der Waals surface area contributed by atoms with E-state index in [2.05, 4.69) is 5.32 Å². The Morgan fingerprint density at radius 1 is 1.78 bits per heavy atom. The summed E-state index contributed by atoms with van der Waals surface area (Å²) in [6.45, 7) is 0.389. The van der Waals surface area contributed by atoms with Crippen LogP contribution in [-0.4, -0.2) is 29.7 Å². The molecule has 0 aliphatic carbocycles. The van der Waals surface area contributed by atoms with Crippen molar-refractivity contribution in [2.24, 2.45) is 5.73 Å². The number of nitrogens with one attached hydrogen (secondary N) is 1. The molecule has 9 heavy (non-hydrogen) atoms. The molecular weight excluding hydrogens is 120 g/mol. The van der Waals surface area contributed by atoms with Gasteiger partial charge in [-0.3, -0.25) is 4.79 Å². The number of carbonyl (C=O) groups is 1. The number of amides is 1. The molecule has 0 saturated carbocycles. The number of aliphatic hydroxyl groups is 1. The molecular formula is C5H10N2O2. The average molecular weight is 130 g/mol. The van der Waals surface area contributed by atoms with Crippen LogP contribution in [0.4, 0.5) is 0 Å². The van der Waals surface area contributed by atoms with Crippen molar-refractivity contribution in [3.05, 3.63) is 0 Å². The van der Waals surface area contributed by atoms with Crippen molar-refractivity contribution in [2.75, 3.05) is 6.54 Å². The summed E-state index contributed by atoms with van der Waals surface area (Å²) in [6, 6.07) is -0.289. The number of hydrogen-bond acceptors (Lipinski definition) is 3. The van der Waals surface area contributed by atoms with E-state index in [1.807, 2.05) is 0 Å². The van der Waals surface area contributed by atoms with Crippen LogP contribution in [0.1, 0.15) is 6.42 Å². The Labute approximate surface area is 53.0 Å². The first-order chi connectivity index (χ1) is 4.20. The summed E-state index contributed by atoms with van der Waals surface area (Å²) < 4.78 is 0. The van der Waals surface area contributed by atoms with E-state index >= 15 is 0 Å². The van der Waals surface area contributed by atoms with Crippen molar-refractivity contribution in [2.45, 2.75) is 18.6 Å². The normalized spacial score (nSPS) is 36.0. The summed E-state index contributed by atoms with van der Waals surface area (Å²) >= 11 is 0. The van der Waals surface area contributed by atoms with Crippen LogP contribution < -0.4 is 11.1 Å². The largest absolute Gasteiger partial charge is 0.391 e. The summed E-state index contributed by atoms with van der Waals surface area (Å²) in [5.41, 5.74) is 5.38. The zero-order valence-corrected chi connectivity index (χ0v) is 5.00. The zero-order valence-electron chi connectivity index (χ0n) is 5.00. The van der Waals surface area contributed by atoms with Crippen molar-refractivity contribution in [3.63, 3.8) is 0 Å². The van der Waals surface area contributed by atoms with E-state index in [1.165, 1.54) is 0 Å². The summed E-state index contributed by atoms with van der Waals surface area (Å²) in [5.74, 6) is -0.121. The number of piperidine rings is 1. The van der Waals surface area contributed by atoms with Gasteiger partial charge in [-0.25, -0.2) is 0 Å². The van der Waals surface area contributed by atoms with Gasteiger partial charge in [0.25, 0.3) is 0 Å². The lowest BCUT2D eigenvalue weighted by molar-refractivity contribution is -0.125. The molecule has 0 aromatic rings. The molecule has 1 rings (SSSR count). The fourth-order valence-corrected chi connectivity index (χ4v) is 0.781. The van der Waals surface area contributed by atoms with Crippen LogP contribution in [0, 0.1) is 0 Å². The Balaban J connectivity index is 2.44. The molecule has 1 heterocycles. The number of nitrogens with two attached hydrogens (primary N) is 1. The van der Waals surface area contributed by atoms with Gasteiger partial charge < -0.3 is 16.2 Å². The molecule has 0 aromatic heterocycles. The lowest BCUT2D eigenvalue weighted by Gasteiger charge is -2.23. The van der Waals surface area contributed by atoms with Gasteiger partial charge in [-0.2, -0.15) is 0 Å². The first-order valence-electron chi connectivity index (χ1n) is 2.90. The van der Waals surface area contributed by atoms with Gasteiger partial charge >= 0.3 is 0 Å². The lowest BCUT2D eigenvalue weighted by Crippen LogP contribution is -2.51. The van der Waals surface area contributed by atoms with Crippen LogP contribution in [0.25, 0.3) is 0 Å². The molecule has 1 fully saturated rings. The number of aliphatic hydroxyl groups excluding tert-OH is 1. The minimum absolute atomic E-state index is 0.121. The maximum absolute atomic E-state index is 10.5. The Morgan fingerprint density at radius 3 is 2.89 bits per heavy atom. The highest BCUT2D eigenvalue weighted by Crippen LogP contribution is 2.00. The number of hydrogen-bond donors (Lipinski definition) is 3. The van der Waals surface area contributed by atoms with Crippen molar-refractivity contribution in [1.29, 1.82) is 0 Å². The van der Waals surface area contributed by atoms with Crippen LogP contribution in [0.15, 0.2) is 0 Å². The fourth-order valence-electron chi connectivity index (χ4n) is 0.781. The van der Waals surface area contributed by atoms with Gasteiger partial charge in [0.2, 0.25) is 5.91 Å². The maximum atomic E-state index is 10.5. The van der Waals surface area contributed by atoms with E-state index in [4.69, 9.17) is 10.8 Å². The van der Waals surface area contributed by atoms with E-state index in [-0.39, 0.29) is 18.4 Å². The van der Waals surface area contributed by atoms with Gasteiger partial charge in [0.15, 0.2) is 0 Å². The molecule has 52 valence electrons. The van der Waals surface area contributed by atoms with E-state index in [1.54, 1.807) is 0 Å². The molecule has 1 aliphatic rings. The van der Waals surface area contributed by atoms with Gasteiger partial charge in [0.1, 0.15) is 0 Å². The minimum Gasteiger partial charge on any atom is -0.391 e. The Morgan fingerprint density at radius 2 is 2.44 bits per heavy atom. The van der Waals surface area contributed by atoms with Gasteiger partial charge in [-0.05, 0) is 0 Å². The van der Waals surface area contributed by atoms with Crippen molar-refractivity contribution < 1.29 is 9.90 Å². The Kier molecular flexibility index (Phi) is 1.68. The van der Waals surface area contributed by atoms with Gasteiger partial charge in [0.05, 0.1) is 12.5 Å². The molecule has 0 bridgehead atoms. The highest BCUT2D eigenvalue weighted by molar-refractivity contribution is 5.77. The maximum Gasteiger partial charge on any atom is 0.222 e. The number of rotatable bonds is 0. The first-order valence-corrected chi connectivity index (χ1v) is 2.90. The van der Waals surface area contributed by atoms with Crippen LogP contribution in [-0.2, 0) is 4.79 Å². The summed E-state index contributed by atoms with van der Waals surface area (Å²) in [7, 11) is 0. The topological polar surface area (TPSA) is 75.3 Å². The highest BCUT2D eigenvalue weighted by atomic mass is 16.3. The molecule has 4 N–H and O–H groups in total. The molecule has 4 heteroatoms. The third kappa shape index (κ3) is 1.40. The van der Waals surface area contributed by atoms with E-state index in [0.717, 1.165) is 0 Å². The molecule has 0 unspecified atom stereocenters. The summed E-state index contributed by atoms with van der Waals surface area (Å²) in [4.78, 5) is 10.5. The fraction of sp³-hybridized carbons (Fsp3) is 0.800. The van der Waals surface area contributed by atoms with E-state index in [0.29, 0.717) is 6.54 Å². The third-order valence-electron chi connectivity index (χ3n) is 1.42. The minimum atomic E-state index is -0.654. The highest BCUT2D eigenvalue weighted by Gasteiger charge is 2.23. The van der Waals surface area contributed by atoms with Crippen molar-refractivity contribution in [3.8, 4) is 0 Å². The monoisotopic (exact) mass is 130 g/mol. The summed E-state index contributed by atoms with van der Waals surface area (Å²) in [6.07, 6.45) is -0.514. The average Bonchev–Trinajstić information content (AvgIpc) is 1.80.